The smallest absolute Gasteiger partial charge is 0.348 e. The second-order valence-corrected chi connectivity index (χ2v) is 11.2. The molecular formula is C24H29Cl3O5S. The minimum absolute atomic E-state index is 0.0558. The van der Waals surface area contributed by atoms with Gasteiger partial charge in [-0.25, -0.2) is 4.79 Å². The van der Waals surface area contributed by atoms with E-state index < -0.39 is 24.8 Å². The molecule has 3 rings (SSSR count). The molecule has 1 aliphatic rings. The van der Waals surface area contributed by atoms with Gasteiger partial charge in [-0.1, -0.05) is 23.2 Å². The van der Waals surface area contributed by atoms with E-state index in [9.17, 15) is 15.0 Å². The number of carbonyl (C=O) groups is 1. The van der Waals surface area contributed by atoms with Gasteiger partial charge in [0.25, 0.3) is 0 Å². The van der Waals surface area contributed by atoms with Crippen molar-refractivity contribution in [3.05, 3.63) is 55.7 Å². The van der Waals surface area contributed by atoms with Crippen LogP contribution in [0.3, 0.4) is 0 Å². The van der Waals surface area contributed by atoms with Crippen molar-refractivity contribution < 1.29 is 24.9 Å². The zero-order chi connectivity index (χ0) is 24.0. The maximum absolute atomic E-state index is 12.0. The molecule has 2 aromatic rings. The molecular weight excluding hydrogens is 507 g/mol. The van der Waals surface area contributed by atoms with E-state index in [1.165, 1.54) is 11.3 Å². The van der Waals surface area contributed by atoms with E-state index in [-0.39, 0.29) is 23.8 Å². The Morgan fingerprint density at radius 3 is 2.55 bits per heavy atom. The van der Waals surface area contributed by atoms with E-state index >= 15 is 0 Å². The molecule has 0 amide bonds. The third-order valence-corrected chi connectivity index (χ3v) is 8.17. The molecule has 5 atom stereocenters. The fourth-order valence-corrected chi connectivity index (χ4v) is 6.46. The van der Waals surface area contributed by atoms with E-state index in [0.29, 0.717) is 21.3 Å². The van der Waals surface area contributed by atoms with Crippen LogP contribution in [-0.2, 0) is 17.6 Å². The Balaban J connectivity index is 1.50. The van der Waals surface area contributed by atoms with Crippen molar-refractivity contribution in [2.75, 3.05) is 13.2 Å². The molecule has 0 radical (unpaired) electrons. The predicted molar refractivity (Wildman–Crippen MR) is 133 cm³/mol. The van der Waals surface area contributed by atoms with E-state index in [0.717, 1.165) is 42.5 Å². The molecule has 5 nitrogen and oxygen atoms in total. The quantitative estimate of drug-likeness (QED) is 0.274. The Kier molecular flexibility index (Phi) is 10.3. The number of aliphatic hydroxyl groups excluding tert-OH is 3. The first-order valence-electron chi connectivity index (χ1n) is 11.1. The average molecular weight is 536 g/mol. The number of ether oxygens (including phenoxy) is 1. The highest BCUT2D eigenvalue weighted by atomic mass is 35.5. The summed E-state index contributed by atoms with van der Waals surface area (Å²) in [5, 5.41) is 29.9. The zero-order valence-corrected chi connectivity index (χ0v) is 21.2. The number of aryl methyl sites for hydroxylation is 2. The fraction of sp³-hybridized carbons (Fsp3) is 0.542. The number of benzene rings is 1. The molecule has 182 valence electrons. The summed E-state index contributed by atoms with van der Waals surface area (Å²) in [5.74, 6) is -0.155. The Labute approximate surface area is 213 Å². The van der Waals surface area contributed by atoms with Crippen molar-refractivity contribution in [2.45, 2.75) is 56.1 Å². The fourth-order valence-electron chi connectivity index (χ4n) is 4.45. The number of aliphatic hydroxyl groups is 3. The summed E-state index contributed by atoms with van der Waals surface area (Å²) in [6.07, 6.45) is 3.33. The minimum Gasteiger partial charge on any atom is -0.459 e. The molecule has 1 aromatic carbocycles. The van der Waals surface area contributed by atoms with Gasteiger partial charge in [0.05, 0.1) is 12.7 Å². The van der Waals surface area contributed by atoms with Gasteiger partial charge in [-0.3, -0.25) is 0 Å². The first-order chi connectivity index (χ1) is 15.8. The van der Waals surface area contributed by atoms with Crippen LogP contribution >= 0.6 is 46.1 Å². The average Bonchev–Trinajstić information content (AvgIpc) is 3.34. The first kappa shape index (κ1) is 26.7. The van der Waals surface area contributed by atoms with Crippen molar-refractivity contribution in [1.29, 1.82) is 0 Å². The van der Waals surface area contributed by atoms with Gasteiger partial charge in [-0.05, 0) is 86.3 Å². The largest absolute Gasteiger partial charge is 0.459 e. The maximum Gasteiger partial charge on any atom is 0.348 e. The van der Waals surface area contributed by atoms with Crippen molar-refractivity contribution >= 4 is 52.1 Å². The van der Waals surface area contributed by atoms with Gasteiger partial charge in [0, 0.05) is 20.3 Å². The van der Waals surface area contributed by atoms with Gasteiger partial charge >= 0.3 is 5.97 Å². The van der Waals surface area contributed by atoms with Crippen molar-refractivity contribution in [2.24, 2.45) is 11.8 Å². The van der Waals surface area contributed by atoms with Gasteiger partial charge in [-0.2, -0.15) is 0 Å². The highest BCUT2D eigenvalue weighted by molar-refractivity contribution is 7.13. The van der Waals surface area contributed by atoms with Crippen LogP contribution in [0.1, 0.15) is 45.8 Å². The summed E-state index contributed by atoms with van der Waals surface area (Å²) in [6.45, 7) is -0.680. The van der Waals surface area contributed by atoms with E-state index in [1.54, 1.807) is 12.1 Å². The number of rotatable bonds is 11. The normalized spacial score (nSPS) is 23.6. The van der Waals surface area contributed by atoms with Crippen molar-refractivity contribution in [3.63, 3.8) is 0 Å². The van der Waals surface area contributed by atoms with Gasteiger partial charge in [0.1, 0.15) is 17.6 Å². The summed E-state index contributed by atoms with van der Waals surface area (Å²) < 4.78 is 5.00. The molecule has 1 saturated carbocycles. The molecule has 1 aromatic heterocycles. The summed E-state index contributed by atoms with van der Waals surface area (Å²) in [6, 6.07) is 9.16. The summed E-state index contributed by atoms with van der Waals surface area (Å²) in [7, 11) is 0. The third-order valence-electron chi connectivity index (χ3n) is 6.11. The summed E-state index contributed by atoms with van der Waals surface area (Å²) in [4.78, 5) is 13.6. The molecule has 1 heterocycles. The molecule has 1 aliphatic carbocycles. The van der Waals surface area contributed by atoms with E-state index in [1.807, 2.05) is 18.2 Å². The second-order valence-electron chi connectivity index (χ2n) is 8.56. The van der Waals surface area contributed by atoms with Gasteiger partial charge in [0.15, 0.2) is 0 Å². The first-order valence-corrected chi connectivity index (χ1v) is 13.1. The van der Waals surface area contributed by atoms with Crippen LogP contribution in [0.25, 0.3) is 0 Å². The maximum atomic E-state index is 12.0. The SMILES string of the molecule is O=C(OC[C@@H](O)CO)c1ccc(CCC[C@@H]2[C@@H](CCc3cc(Cl)cc(Cl)c3)[C@H](O)C[C@@H]2Cl)s1. The Morgan fingerprint density at radius 1 is 1.12 bits per heavy atom. The topological polar surface area (TPSA) is 87.0 Å². The molecule has 0 bridgehead atoms. The van der Waals surface area contributed by atoms with Crippen molar-refractivity contribution in [1.82, 2.24) is 0 Å². The Morgan fingerprint density at radius 2 is 1.85 bits per heavy atom. The second kappa shape index (κ2) is 12.7. The monoisotopic (exact) mass is 534 g/mol. The van der Waals surface area contributed by atoms with Crippen LogP contribution in [0.2, 0.25) is 10.0 Å². The molecule has 33 heavy (non-hydrogen) atoms. The highest BCUT2D eigenvalue weighted by Crippen LogP contribution is 2.42. The predicted octanol–water partition coefficient (Wildman–Crippen LogP) is 5.12. The number of halogens is 3. The van der Waals surface area contributed by atoms with E-state index in [2.05, 4.69) is 0 Å². The van der Waals surface area contributed by atoms with Gasteiger partial charge in [-0.15, -0.1) is 22.9 Å². The lowest BCUT2D eigenvalue weighted by Crippen LogP contribution is -2.21. The minimum atomic E-state index is -1.07. The van der Waals surface area contributed by atoms with Crippen LogP contribution in [0.4, 0.5) is 0 Å². The Hall–Kier alpha value is -0.860. The van der Waals surface area contributed by atoms with Gasteiger partial charge in [0.2, 0.25) is 0 Å². The van der Waals surface area contributed by atoms with Crippen LogP contribution in [0.15, 0.2) is 30.3 Å². The molecule has 9 heteroatoms. The number of carbonyl (C=O) groups excluding carboxylic acids is 1. The zero-order valence-electron chi connectivity index (χ0n) is 18.1. The molecule has 0 saturated heterocycles. The van der Waals surface area contributed by atoms with Crippen LogP contribution in [0, 0.1) is 11.8 Å². The number of hydrogen-bond donors (Lipinski definition) is 3. The number of esters is 1. The third kappa shape index (κ3) is 7.82. The standard InChI is InChI=1S/C24H29Cl3O5S/c25-15-8-14(9-16(26)10-15)4-6-20-19(21(27)11-22(20)30)3-1-2-18-5-7-23(33-18)24(31)32-13-17(29)12-28/h5,7-10,17,19-22,28-30H,1-4,6,11-13H2/t17-,19+,20+,21-,22+/m0/s1. The molecule has 0 aliphatic heterocycles. The number of thiophene rings is 1. The molecule has 3 N–H and O–H groups in total. The highest BCUT2D eigenvalue weighted by Gasteiger charge is 2.40. The van der Waals surface area contributed by atoms with Crippen LogP contribution in [0.5, 0.6) is 0 Å². The summed E-state index contributed by atoms with van der Waals surface area (Å²) >= 11 is 20.2. The molecule has 0 spiro atoms. The molecule has 0 unspecified atom stereocenters. The van der Waals surface area contributed by atoms with Crippen LogP contribution in [-0.4, -0.2) is 52.1 Å². The lowest BCUT2D eigenvalue weighted by atomic mass is 9.85. The number of alkyl halides is 1. The summed E-state index contributed by atoms with van der Waals surface area (Å²) in [5.41, 5.74) is 1.06. The van der Waals surface area contributed by atoms with Crippen LogP contribution < -0.4 is 0 Å². The number of hydrogen-bond acceptors (Lipinski definition) is 6. The lowest BCUT2D eigenvalue weighted by molar-refractivity contribution is 0.00971. The lowest BCUT2D eigenvalue weighted by Gasteiger charge is -2.23. The van der Waals surface area contributed by atoms with Gasteiger partial charge < -0.3 is 20.1 Å². The van der Waals surface area contributed by atoms with Crippen molar-refractivity contribution in [3.8, 4) is 0 Å². The Bertz CT molecular complexity index is 901. The molecule has 1 fully saturated rings. The van der Waals surface area contributed by atoms with E-state index in [4.69, 9.17) is 44.6 Å².